The molecule has 4 rings (SSSR count). The molecule has 4 heterocycles. The molecule has 0 aromatic carbocycles. The molecule has 0 unspecified atom stereocenters. The molecule has 0 fully saturated rings. The summed E-state index contributed by atoms with van der Waals surface area (Å²) in [6.45, 7) is 0. The zero-order chi connectivity index (χ0) is 22.0. The van der Waals surface area contributed by atoms with Crippen LogP contribution in [0.15, 0.2) is 49.0 Å². The number of pyridine rings is 2. The topological polar surface area (TPSA) is 192 Å². The van der Waals surface area contributed by atoms with Crippen molar-refractivity contribution in [2.45, 2.75) is 7.43 Å². The zero-order valence-corrected chi connectivity index (χ0v) is 13.8. The van der Waals surface area contributed by atoms with Gasteiger partial charge in [0.1, 0.15) is 0 Å². The van der Waals surface area contributed by atoms with Crippen LogP contribution < -0.4 is 22.3 Å². The molecule has 0 aliphatic rings. The van der Waals surface area contributed by atoms with Crippen LogP contribution in [0.4, 0.5) is 23.0 Å². The van der Waals surface area contributed by atoms with E-state index in [2.05, 4.69) is 19.9 Å². The van der Waals surface area contributed by atoms with Crippen molar-refractivity contribution in [2.24, 2.45) is 0 Å². The summed E-state index contributed by atoms with van der Waals surface area (Å²) in [6.07, 6.45) is 3.04. The van der Waals surface area contributed by atoms with Crippen molar-refractivity contribution in [3.8, 4) is 0 Å². The number of aromatic amines is 2. The van der Waals surface area contributed by atoms with Crippen molar-refractivity contribution in [1.82, 2.24) is 25.0 Å². The number of halogens is 4. The van der Waals surface area contributed by atoms with Gasteiger partial charge in [0.2, 0.25) is 9.81 Å². The predicted molar refractivity (Wildman–Crippen MR) is 99.5 cm³/mol. The van der Waals surface area contributed by atoms with Gasteiger partial charge in [0, 0.05) is 12.3 Å². The van der Waals surface area contributed by atoms with Gasteiger partial charge in [-0.1, -0.05) is 7.43 Å². The maximum atomic E-state index is 10.6. The number of hydrogen-bond acceptors (Lipinski definition) is 9. The third-order valence-electron chi connectivity index (χ3n) is 2.49. The Morgan fingerprint density at radius 3 is 1.93 bits per heavy atom. The number of aromatic nitrogens is 4. The highest BCUT2D eigenvalue weighted by Crippen LogP contribution is 2.09. The zero-order valence-electron chi connectivity index (χ0n) is 13.8. The Hall–Kier alpha value is -4.27. The second-order valence-electron chi connectivity index (χ2n) is 4.56. The van der Waals surface area contributed by atoms with Crippen LogP contribution in [-0.2, 0) is 0 Å². The number of nitrogen functional groups attached to an aromatic ring is 1. The van der Waals surface area contributed by atoms with Gasteiger partial charge in [-0.25, -0.2) is 19.6 Å². The molecule has 0 saturated heterocycles. The molecule has 4 aromatic rings. The van der Waals surface area contributed by atoms with Gasteiger partial charge in [-0.3, -0.25) is 9.97 Å². The van der Waals surface area contributed by atoms with E-state index in [1.165, 1.54) is 6.20 Å². The fraction of sp³-hybridized carbons (Fsp3) is 0.0769. The molecule has 0 atom stereocenters. The standard InChI is InChI=1S/C6H5N3O2.C6H4N2O2.CH4.BF4.NO2/c7-3-1-4-5(8-2-3)9-6(10)11-4;9-6-8-5-4(10-6)2-1-3-7-5;;2-1(3,4)5;2-1-3/h1-2H,7H2,(H,8,9,10);1-3H,(H,7,8,9);1H4;;/q;;;-1;+1. The molecule has 0 bridgehead atoms. The van der Waals surface area contributed by atoms with Gasteiger partial charge in [-0.2, -0.15) is 0 Å². The van der Waals surface area contributed by atoms with Crippen LogP contribution in [0.2, 0.25) is 0 Å². The molecule has 12 nitrogen and oxygen atoms in total. The van der Waals surface area contributed by atoms with Crippen molar-refractivity contribution >= 4 is 35.4 Å². The van der Waals surface area contributed by atoms with Gasteiger partial charge in [0.25, 0.3) is 0 Å². The van der Waals surface area contributed by atoms with Gasteiger partial charge in [-0.15, -0.1) is 0 Å². The number of nitrogens with zero attached hydrogens (tertiary/aromatic N) is 3. The first-order valence-electron chi connectivity index (χ1n) is 7.04. The van der Waals surface area contributed by atoms with E-state index >= 15 is 0 Å². The summed E-state index contributed by atoms with van der Waals surface area (Å²) in [5.41, 5.74) is 7.66. The van der Waals surface area contributed by atoms with Gasteiger partial charge in [0.05, 0.1) is 11.9 Å². The third-order valence-corrected chi connectivity index (χ3v) is 2.49. The summed E-state index contributed by atoms with van der Waals surface area (Å²) in [5.74, 6) is -0.980. The molecular formula is C13H13BF4N6O6. The van der Waals surface area contributed by atoms with Gasteiger partial charge >= 0.3 is 23.8 Å². The largest absolute Gasteiger partial charge is 0.673 e. The van der Waals surface area contributed by atoms with Gasteiger partial charge in [-0.05, 0) is 12.1 Å². The second-order valence-corrected chi connectivity index (χ2v) is 4.56. The fourth-order valence-corrected chi connectivity index (χ4v) is 1.64. The number of nitrogens with two attached hydrogens (primary N) is 1. The van der Waals surface area contributed by atoms with E-state index in [-0.39, 0.29) is 7.43 Å². The van der Waals surface area contributed by atoms with E-state index in [1.54, 1.807) is 24.4 Å². The Labute approximate surface area is 162 Å². The summed E-state index contributed by atoms with van der Waals surface area (Å²) in [5, 5.41) is 1.00. The van der Waals surface area contributed by atoms with Crippen LogP contribution in [0.3, 0.4) is 0 Å². The Morgan fingerprint density at radius 1 is 0.967 bits per heavy atom. The maximum Gasteiger partial charge on any atom is 0.673 e. The Kier molecular flexibility index (Phi) is 9.91. The molecule has 162 valence electrons. The molecule has 0 radical (unpaired) electrons. The normalized spacial score (nSPS) is 9.60. The molecule has 0 saturated carbocycles. The smallest absolute Gasteiger partial charge is 0.418 e. The van der Waals surface area contributed by atoms with Gasteiger partial charge in [0.15, 0.2) is 22.5 Å². The Morgan fingerprint density at radius 2 is 1.43 bits per heavy atom. The minimum atomic E-state index is -6.00. The lowest BCUT2D eigenvalue weighted by Gasteiger charge is -1.94. The number of anilines is 1. The van der Waals surface area contributed by atoms with Gasteiger partial charge < -0.3 is 31.8 Å². The first-order chi connectivity index (χ1) is 13.5. The minimum Gasteiger partial charge on any atom is -0.418 e. The lowest BCUT2D eigenvalue weighted by atomic mass is 10.3. The summed E-state index contributed by atoms with van der Waals surface area (Å²) < 4.78 is 48.4. The number of hydrogen-bond donors (Lipinski definition) is 3. The molecule has 17 heteroatoms. The van der Waals surface area contributed by atoms with Crippen LogP contribution in [0, 0.1) is 9.81 Å². The minimum absolute atomic E-state index is 0. The quantitative estimate of drug-likeness (QED) is 0.210. The van der Waals surface area contributed by atoms with Crippen LogP contribution >= 0.6 is 0 Å². The lowest BCUT2D eigenvalue weighted by Crippen LogP contribution is -2.02. The Balaban J connectivity index is 0.000000411. The van der Waals surface area contributed by atoms with Crippen molar-refractivity contribution < 1.29 is 26.1 Å². The molecule has 4 aromatic heterocycles. The third kappa shape index (κ3) is 9.61. The highest BCUT2D eigenvalue weighted by Gasteiger charge is 2.20. The number of H-pyrrole nitrogens is 2. The molecule has 0 aliphatic heterocycles. The van der Waals surface area contributed by atoms with Crippen molar-refractivity contribution in [2.75, 3.05) is 5.73 Å². The van der Waals surface area contributed by atoms with Crippen molar-refractivity contribution in [3.05, 3.63) is 61.5 Å². The monoisotopic (exact) mass is 436 g/mol. The SMILES string of the molecule is C.F[B-](F)(F)F.Nc1cnc2[nH]c(=O)oc2c1.O=[N+]=O.O=c1[nH]c2ncccc2o1. The molecule has 4 N–H and O–H groups in total. The molecule has 0 aliphatic carbocycles. The van der Waals surface area contributed by atoms with E-state index in [0.717, 1.165) is 5.04 Å². The number of oxazole rings is 2. The maximum absolute atomic E-state index is 10.6. The fourth-order valence-electron chi connectivity index (χ4n) is 1.64. The number of nitrogens with one attached hydrogen (secondary N) is 2. The highest BCUT2D eigenvalue weighted by molar-refractivity contribution is 6.50. The summed E-state index contributed by atoms with van der Waals surface area (Å²) in [4.78, 5) is 49.6. The van der Waals surface area contributed by atoms with E-state index in [0.29, 0.717) is 28.1 Å². The summed E-state index contributed by atoms with van der Waals surface area (Å²) in [6, 6.07) is 4.93. The molecule has 0 amide bonds. The highest BCUT2D eigenvalue weighted by atomic mass is 19.5. The number of rotatable bonds is 0. The molecule has 0 spiro atoms. The van der Waals surface area contributed by atoms with Crippen molar-refractivity contribution in [3.63, 3.8) is 0 Å². The summed E-state index contributed by atoms with van der Waals surface area (Å²) in [7, 11) is -6.00. The number of fused-ring (bicyclic) bond motifs is 2. The second kappa shape index (κ2) is 11.5. The first kappa shape index (κ1) is 25.7. The van der Waals surface area contributed by atoms with Crippen molar-refractivity contribution in [1.29, 1.82) is 0 Å². The van der Waals surface area contributed by atoms with E-state index in [1.807, 2.05) is 0 Å². The lowest BCUT2D eigenvalue weighted by molar-refractivity contribution is 0.368. The van der Waals surface area contributed by atoms with Crippen LogP contribution in [-0.4, -0.2) is 27.2 Å². The van der Waals surface area contributed by atoms with Crippen LogP contribution in [0.25, 0.3) is 22.5 Å². The van der Waals surface area contributed by atoms with E-state index < -0.39 is 18.8 Å². The average molecular weight is 436 g/mol. The van der Waals surface area contributed by atoms with Crippen LogP contribution in [0.1, 0.15) is 7.43 Å². The molecular weight excluding hydrogens is 423 g/mol. The van der Waals surface area contributed by atoms with Crippen LogP contribution in [0.5, 0.6) is 0 Å². The summed E-state index contributed by atoms with van der Waals surface area (Å²) >= 11 is 0. The van der Waals surface area contributed by atoms with E-state index in [9.17, 15) is 26.9 Å². The molecule has 30 heavy (non-hydrogen) atoms. The Bertz CT molecular complexity index is 1170. The van der Waals surface area contributed by atoms with E-state index in [4.69, 9.17) is 24.4 Å². The average Bonchev–Trinajstić information content (AvgIpc) is 3.14. The number of nitroso groups, excluding NO2 is 2. The first-order valence-corrected chi connectivity index (χ1v) is 7.04. The predicted octanol–water partition coefficient (Wildman–Crippen LogP) is 2.14.